The molecule has 0 radical (unpaired) electrons. The van der Waals surface area contributed by atoms with Crippen molar-refractivity contribution < 1.29 is 9.18 Å². The molecule has 3 heterocycles. The highest BCUT2D eigenvalue weighted by molar-refractivity contribution is 5.87. The molecule has 1 aliphatic rings. The van der Waals surface area contributed by atoms with Crippen LogP contribution in [0.3, 0.4) is 0 Å². The van der Waals surface area contributed by atoms with E-state index in [1.807, 2.05) is 50.2 Å². The van der Waals surface area contributed by atoms with E-state index in [1.54, 1.807) is 35.2 Å². The maximum absolute atomic E-state index is 14.4. The van der Waals surface area contributed by atoms with E-state index in [-0.39, 0.29) is 29.6 Å². The SMILES string of the molecule is CC(C)NC(=O)C(c1ccc(Cc2nc3c([nH]2)c(=O)n(Cc2ccccc2F)c(=O)n3CC2CC2)cc1)c1cccnc1. The van der Waals surface area contributed by atoms with Gasteiger partial charge in [0, 0.05) is 37.0 Å². The monoisotopic (exact) mass is 580 g/mol. The Morgan fingerprint density at radius 3 is 2.47 bits per heavy atom. The standard InChI is InChI=1S/C33H33FN6O3/c1-20(2)36-31(41)28(24-7-5-15-35-17-24)23-13-11-21(12-14-23)16-27-37-29-30(38-27)39(18-22-9-10-22)33(43)40(32(29)42)19-25-6-3-4-8-26(25)34/h3-8,11-15,17,20,22,28H,9-10,16,18-19H2,1-2H3,(H,36,41)(H,37,38). The Morgan fingerprint density at radius 1 is 1.02 bits per heavy atom. The summed E-state index contributed by atoms with van der Waals surface area (Å²) in [6.45, 7) is 4.14. The van der Waals surface area contributed by atoms with Crippen LogP contribution in [0.25, 0.3) is 11.2 Å². The van der Waals surface area contributed by atoms with Crippen molar-refractivity contribution in [1.82, 2.24) is 29.4 Å². The molecule has 1 aliphatic carbocycles. The lowest BCUT2D eigenvalue weighted by Gasteiger charge is -2.19. The van der Waals surface area contributed by atoms with Crippen molar-refractivity contribution >= 4 is 17.1 Å². The number of carbonyl (C=O) groups is 1. The minimum absolute atomic E-state index is 0.00681. The predicted molar refractivity (Wildman–Crippen MR) is 161 cm³/mol. The zero-order valence-corrected chi connectivity index (χ0v) is 24.1. The number of carbonyl (C=O) groups excluding carboxylic acids is 1. The number of pyridine rings is 1. The summed E-state index contributed by atoms with van der Waals surface area (Å²) in [5, 5.41) is 3.00. The number of hydrogen-bond donors (Lipinski definition) is 2. The van der Waals surface area contributed by atoms with Crippen molar-refractivity contribution in [2.45, 2.75) is 58.2 Å². The van der Waals surface area contributed by atoms with Gasteiger partial charge in [-0.1, -0.05) is 48.5 Å². The number of halogens is 1. The van der Waals surface area contributed by atoms with Crippen molar-refractivity contribution in [3.05, 3.63) is 128 Å². The minimum Gasteiger partial charge on any atom is -0.353 e. The van der Waals surface area contributed by atoms with Crippen molar-refractivity contribution in [2.24, 2.45) is 5.92 Å². The van der Waals surface area contributed by atoms with Crippen LogP contribution in [0, 0.1) is 11.7 Å². The van der Waals surface area contributed by atoms with Crippen LogP contribution < -0.4 is 16.6 Å². The van der Waals surface area contributed by atoms with E-state index in [9.17, 15) is 18.8 Å². The molecule has 0 aliphatic heterocycles. The largest absolute Gasteiger partial charge is 0.353 e. The highest BCUT2D eigenvalue weighted by Gasteiger charge is 2.27. The molecule has 9 nitrogen and oxygen atoms in total. The molecule has 0 bridgehead atoms. The second kappa shape index (κ2) is 11.8. The average Bonchev–Trinajstić information content (AvgIpc) is 3.72. The maximum Gasteiger partial charge on any atom is 0.333 e. The van der Waals surface area contributed by atoms with Crippen LogP contribution in [-0.2, 0) is 24.3 Å². The lowest BCUT2D eigenvalue weighted by atomic mass is 9.90. The van der Waals surface area contributed by atoms with Gasteiger partial charge in [-0.15, -0.1) is 0 Å². The van der Waals surface area contributed by atoms with E-state index in [2.05, 4.69) is 20.3 Å². The fraction of sp³-hybridized carbons (Fsp3) is 0.303. The lowest BCUT2D eigenvalue weighted by molar-refractivity contribution is -0.122. The quantitative estimate of drug-likeness (QED) is 0.258. The molecule has 2 aromatic carbocycles. The number of aromatic amines is 1. The number of aromatic nitrogens is 5. The first-order valence-electron chi connectivity index (χ1n) is 14.5. The minimum atomic E-state index is -0.528. The number of nitrogens with zero attached hydrogens (tertiary/aromatic N) is 4. The van der Waals surface area contributed by atoms with Crippen LogP contribution in [-0.4, -0.2) is 36.0 Å². The van der Waals surface area contributed by atoms with Gasteiger partial charge in [-0.3, -0.25) is 23.7 Å². The molecule has 1 unspecified atom stereocenters. The van der Waals surface area contributed by atoms with Crippen LogP contribution in [0.5, 0.6) is 0 Å². The number of H-pyrrole nitrogens is 1. The number of imidazole rings is 1. The lowest BCUT2D eigenvalue weighted by Crippen LogP contribution is -2.40. The van der Waals surface area contributed by atoms with Gasteiger partial charge >= 0.3 is 5.69 Å². The summed E-state index contributed by atoms with van der Waals surface area (Å²) in [6, 6.07) is 17.5. The highest BCUT2D eigenvalue weighted by atomic mass is 19.1. The smallest absolute Gasteiger partial charge is 0.333 e. The molecule has 3 aromatic heterocycles. The van der Waals surface area contributed by atoms with E-state index in [4.69, 9.17) is 0 Å². The first-order chi connectivity index (χ1) is 20.8. The van der Waals surface area contributed by atoms with Crippen LogP contribution >= 0.6 is 0 Å². The Balaban J connectivity index is 1.32. The summed E-state index contributed by atoms with van der Waals surface area (Å²) in [5.41, 5.74) is 2.34. The van der Waals surface area contributed by atoms with E-state index in [0.29, 0.717) is 30.4 Å². The molecule has 1 amide bonds. The Bertz CT molecular complexity index is 1890. The van der Waals surface area contributed by atoms with E-state index >= 15 is 0 Å². The molecule has 5 aromatic rings. The molecule has 10 heteroatoms. The molecule has 43 heavy (non-hydrogen) atoms. The summed E-state index contributed by atoms with van der Waals surface area (Å²) >= 11 is 0. The van der Waals surface area contributed by atoms with Crippen LogP contribution in [0.4, 0.5) is 4.39 Å². The van der Waals surface area contributed by atoms with Gasteiger partial charge < -0.3 is 10.3 Å². The Labute approximate surface area is 247 Å². The molecule has 6 rings (SSSR count). The Morgan fingerprint density at radius 2 is 1.79 bits per heavy atom. The summed E-state index contributed by atoms with van der Waals surface area (Å²) in [5.74, 6) is -0.194. The number of rotatable bonds is 10. The molecule has 1 atom stereocenters. The van der Waals surface area contributed by atoms with E-state index in [1.165, 1.54) is 6.07 Å². The van der Waals surface area contributed by atoms with Crippen molar-refractivity contribution in [2.75, 3.05) is 0 Å². The average molecular weight is 581 g/mol. The summed E-state index contributed by atoms with van der Waals surface area (Å²) in [7, 11) is 0. The van der Waals surface area contributed by atoms with Gasteiger partial charge in [0.15, 0.2) is 5.65 Å². The molecule has 1 fully saturated rings. The second-order valence-electron chi connectivity index (χ2n) is 11.5. The number of nitrogens with one attached hydrogen (secondary N) is 2. The molecule has 0 saturated heterocycles. The molecular formula is C33H33FN6O3. The molecule has 220 valence electrons. The first-order valence-corrected chi connectivity index (χ1v) is 14.5. The third-order valence-corrected chi connectivity index (χ3v) is 7.73. The van der Waals surface area contributed by atoms with E-state index in [0.717, 1.165) is 34.1 Å². The zero-order chi connectivity index (χ0) is 30.1. The molecular weight excluding hydrogens is 547 g/mol. The van der Waals surface area contributed by atoms with Gasteiger partial charge in [-0.25, -0.2) is 14.2 Å². The van der Waals surface area contributed by atoms with Crippen molar-refractivity contribution in [1.29, 1.82) is 0 Å². The Hall–Kier alpha value is -4.86. The third kappa shape index (κ3) is 6.04. The van der Waals surface area contributed by atoms with Gasteiger partial charge in [0.05, 0.1) is 12.5 Å². The number of amides is 1. The van der Waals surface area contributed by atoms with Gasteiger partial charge in [0.2, 0.25) is 5.91 Å². The maximum atomic E-state index is 14.4. The number of benzene rings is 2. The van der Waals surface area contributed by atoms with Crippen molar-refractivity contribution in [3.8, 4) is 0 Å². The summed E-state index contributed by atoms with van der Waals surface area (Å²) in [4.78, 5) is 52.2. The van der Waals surface area contributed by atoms with Crippen LogP contribution in [0.2, 0.25) is 0 Å². The third-order valence-electron chi connectivity index (χ3n) is 7.73. The van der Waals surface area contributed by atoms with E-state index < -0.39 is 23.0 Å². The van der Waals surface area contributed by atoms with Crippen LogP contribution in [0.15, 0.2) is 82.6 Å². The van der Waals surface area contributed by atoms with Gasteiger partial charge in [0.1, 0.15) is 17.2 Å². The first kappa shape index (κ1) is 28.3. The fourth-order valence-electron chi connectivity index (χ4n) is 5.39. The van der Waals surface area contributed by atoms with Gasteiger partial charge in [-0.2, -0.15) is 0 Å². The van der Waals surface area contributed by atoms with Gasteiger partial charge in [0.25, 0.3) is 5.56 Å². The van der Waals surface area contributed by atoms with Crippen molar-refractivity contribution in [3.63, 3.8) is 0 Å². The summed E-state index contributed by atoms with van der Waals surface area (Å²) in [6.07, 6.45) is 5.79. The van der Waals surface area contributed by atoms with Crippen LogP contribution in [0.1, 0.15) is 60.7 Å². The topological polar surface area (TPSA) is 115 Å². The molecule has 2 N–H and O–H groups in total. The highest BCUT2D eigenvalue weighted by Crippen LogP contribution is 2.31. The number of hydrogen-bond acceptors (Lipinski definition) is 5. The molecule has 0 spiro atoms. The fourth-order valence-corrected chi connectivity index (χ4v) is 5.39. The summed E-state index contributed by atoms with van der Waals surface area (Å²) < 4.78 is 17.1. The second-order valence-corrected chi connectivity index (χ2v) is 11.5. The Kier molecular flexibility index (Phi) is 7.75. The zero-order valence-electron chi connectivity index (χ0n) is 24.1. The van der Waals surface area contributed by atoms with Gasteiger partial charge in [-0.05, 0) is 61.4 Å². The molecule has 1 saturated carbocycles. The normalized spacial score (nSPS) is 13.9. The number of fused-ring (bicyclic) bond motifs is 1. The predicted octanol–water partition coefficient (Wildman–Crippen LogP) is 4.13.